The van der Waals surface area contributed by atoms with Crippen molar-refractivity contribution in [2.24, 2.45) is 0 Å². The molecule has 0 aliphatic carbocycles. The first-order valence-electron chi connectivity index (χ1n) is 5.67. The van der Waals surface area contributed by atoms with Gasteiger partial charge in [-0.05, 0) is 20.3 Å². The molecule has 1 fully saturated rings. The second-order valence-corrected chi connectivity index (χ2v) is 4.35. The van der Waals surface area contributed by atoms with Gasteiger partial charge in [-0.1, -0.05) is 13.3 Å². The van der Waals surface area contributed by atoms with E-state index in [9.17, 15) is 4.79 Å². The van der Waals surface area contributed by atoms with Crippen LogP contribution in [0, 0.1) is 0 Å². The third kappa shape index (κ3) is 3.47. The molecule has 3 atom stereocenters. The van der Waals surface area contributed by atoms with E-state index in [2.05, 4.69) is 0 Å². The summed E-state index contributed by atoms with van der Waals surface area (Å²) in [5.41, 5.74) is 0. The van der Waals surface area contributed by atoms with Crippen molar-refractivity contribution >= 4 is 5.97 Å². The van der Waals surface area contributed by atoms with Crippen LogP contribution in [0.25, 0.3) is 0 Å². The van der Waals surface area contributed by atoms with E-state index in [1.165, 1.54) is 0 Å². The Morgan fingerprint density at radius 2 is 2.00 bits per heavy atom. The number of carboxylic acids is 1. The molecule has 0 radical (unpaired) electrons. The number of morpholine rings is 1. The first kappa shape index (κ1) is 12.5. The maximum absolute atomic E-state index is 11.1. The Kier molecular flexibility index (Phi) is 4.54. The van der Waals surface area contributed by atoms with E-state index in [0.717, 1.165) is 25.9 Å². The molecule has 4 nitrogen and oxygen atoms in total. The van der Waals surface area contributed by atoms with E-state index in [0.29, 0.717) is 0 Å². The lowest BCUT2D eigenvalue weighted by atomic mass is 10.1. The lowest BCUT2D eigenvalue weighted by molar-refractivity contribution is -0.149. The molecule has 88 valence electrons. The number of nitrogens with zero attached hydrogens (tertiary/aromatic N) is 1. The van der Waals surface area contributed by atoms with E-state index >= 15 is 0 Å². The SMILES string of the molecule is CCC[C@@H](C(=O)O)N1C[C@H](C)O[C@@H](C)C1. The summed E-state index contributed by atoms with van der Waals surface area (Å²) >= 11 is 0. The van der Waals surface area contributed by atoms with Gasteiger partial charge in [0.15, 0.2) is 0 Å². The van der Waals surface area contributed by atoms with E-state index < -0.39 is 5.97 Å². The zero-order valence-corrected chi connectivity index (χ0v) is 9.77. The van der Waals surface area contributed by atoms with Crippen molar-refractivity contribution in [3.63, 3.8) is 0 Å². The van der Waals surface area contributed by atoms with Crippen molar-refractivity contribution < 1.29 is 14.6 Å². The average Bonchev–Trinajstić information content (AvgIpc) is 2.11. The Balaban J connectivity index is 2.61. The van der Waals surface area contributed by atoms with Crippen LogP contribution < -0.4 is 0 Å². The Labute approximate surface area is 91.2 Å². The molecule has 0 aromatic heterocycles. The Morgan fingerprint density at radius 1 is 1.47 bits per heavy atom. The monoisotopic (exact) mass is 215 g/mol. The molecule has 1 heterocycles. The number of ether oxygens (including phenoxy) is 1. The lowest BCUT2D eigenvalue weighted by Crippen LogP contribution is -2.52. The van der Waals surface area contributed by atoms with Crippen LogP contribution in [-0.4, -0.2) is 47.3 Å². The van der Waals surface area contributed by atoms with Crippen LogP contribution >= 0.6 is 0 Å². The molecule has 1 N–H and O–H groups in total. The molecule has 1 saturated heterocycles. The third-order valence-corrected chi connectivity index (χ3v) is 2.74. The molecule has 0 unspecified atom stereocenters. The zero-order valence-electron chi connectivity index (χ0n) is 9.77. The van der Waals surface area contributed by atoms with Crippen LogP contribution in [-0.2, 0) is 9.53 Å². The predicted molar refractivity (Wildman–Crippen MR) is 57.9 cm³/mol. The Hall–Kier alpha value is -0.610. The second-order valence-electron chi connectivity index (χ2n) is 4.35. The van der Waals surface area contributed by atoms with Crippen LogP contribution in [0.5, 0.6) is 0 Å². The summed E-state index contributed by atoms with van der Waals surface area (Å²) in [5.74, 6) is -0.710. The normalized spacial score (nSPS) is 30.1. The molecular formula is C11H21NO3. The van der Waals surface area contributed by atoms with Gasteiger partial charge in [0, 0.05) is 13.1 Å². The summed E-state index contributed by atoms with van der Waals surface area (Å²) in [7, 11) is 0. The van der Waals surface area contributed by atoms with E-state index in [1.807, 2.05) is 25.7 Å². The summed E-state index contributed by atoms with van der Waals surface area (Å²) < 4.78 is 5.59. The van der Waals surface area contributed by atoms with E-state index in [4.69, 9.17) is 9.84 Å². The quantitative estimate of drug-likeness (QED) is 0.769. The van der Waals surface area contributed by atoms with Gasteiger partial charge in [-0.2, -0.15) is 0 Å². The molecular weight excluding hydrogens is 194 g/mol. The highest BCUT2D eigenvalue weighted by Crippen LogP contribution is 2.16. The first-order chi connectivity index (χ1) is 7.04. The molecule has 0 saturated carbocycles. The topological polar surface area (TPSA) is 49.8 Å². The number of hydrogen-bond acceptors (Lipinski definition) is 3. The summed E-state index contributed by atoms with van der Waals surface area (Å²) in [5, 5.41) is 9.15. The fourth-order valence-corrected chi connectivity index (χ4v) is 2.21. The van der Waals surface area contributed by atoms with Crippen LogP contribution in [0.3, 0.4) is 0 Å². The molecule has 0 amide bonds. The summed E-state index contributed by atoms with van der Waals surface area (Å²) in [4.78, 5) is 13.2. The minimum Gasteiger partial charge on any atom is -0.480 e. The molecule has 1 aliphatic heterocycles. The number of carbonyl (C=O) groups is 1. The number of hydrogen-bond donors (Lipinski definition) is 1. The number of aliphatic carboxylic acids is 1. The fourth-order valence-electron chi connectivity index (χ4n) is 2.21. The minimum absolute atomic E-state index is 0.132. The second kappa shape index (κ2) is 5.47. The van der Waals surface area contributed by atoms with Gasteiger partial charge in [-0.25, -0.2) is 0 Å². The van der Waals surface area contributed by atoms with Crippen LogP contribution in [0.4, 0.5) is 0 Å². The van der Waals surface area contributed by atoms with Gasteiger partial charge < -0.3 is 9.84 Å². The highest BCUT2D eigenvalue weighted by molar-refractivity contribution is 5.73. The molecule has 1 rings (SSSR count). The van der Waals surface area contributed by atoms with Crippen molar-refractivity contribution in [3.8, 4) is 0 Å². The average molecular weight is 215 g/mol. The summed E-state index contributed by atoms with van der Waals surface area (Å²) in [6.07, 6.45) is 1.88. The predicted octanol–water partition coefficient (Wildman–Crippen LogP) is 1.35. The molecule has 4 heteroatoms. The maximum Gasteiger partial charge on any atom is 0.320 e. The first-order valence-corrected chi connectivity index (χ1v) is 5.67. The Morgan fingerprint density at radius 3 is 2.40 bits per heavy atom. The molecule has 1 aliphatic rings. The van der Waals surface area contributed by atoms with E-state index in [1.54, 1.807) is 0 Å². The van der Waals surface area contributed by atoms with Crippen LogP contribution in [0.15, 0.2) is 0 Å². The molecule has 0 aromatic rings. The fraction of sp³-hybridized carbons (Fsp3) is 0.909. The third-order valence-electron chi connectivity index (χ3n) is 2.74. The van der Waals surface area contributed by atoms with Gasteiger partial charge >= 0.3 is 5.97 Å². The van der Waals surface area contributed by atoms with Crippen molar-refractivity contribution in [1.82, 2.24) is 4.90 Å². The smallest absolute Gasteiger partial charge is 0.320 e. The molecule has 0 bridgehead atoms. The van der Waals surface area contributed by atoms with Gasteiger partial charge in [-0.3, -0.25) is 9.69 Å². The van der Waals surface area contributed by atoms with Crippen LogP contribution in [0.1, 0.15) is 33.6 Å². The van der Waals surface area contributed by atoms with Gasteiger partial charge in [0.1, 0.15) is 6.04 Å². The molecule has 15 heavy (non-hydrogen) atoms. The largest absolute Gasteiger partial charge is 0.480 e. The van der Waals surface area contributed by atoms with Gasteiger partial charge in [0.05, 0.1) is 12.2 Å². The van der Waals surface area contributed by atoms with Gasteiger partial charge in [-0.15, -0.1) is 0 Å². The maximum atomic E-state index is 11.1. The molecule has 0 aromatic carbocycles. The van der Waals surface area contributed by atoms with Gasteiger partial charge in [0.25, 0.3) is 0 Å². The zero-order chi connectivity index (χ0) is 11.4. The lowest BCUT2D eigenvalue weighted by Gasteiger charge is -2.38. The van der Waals surface area contributed by atoms with Crippen molar-refractivity contribution in [2.75, 3.05) is 13.1 Å². The molecule has 0 spiro atoms. The standard InChI is InChI=1S/C11H21NO3/c1-4-5-10(11(13)14)12-6-8(2)15-9(3)7-12/h8-10H,4-7H2,1-3H3,(H,13,14)/t8-,9-,10-/m0/s1. The van der Waals surface area contributed by atoms with E-state index in [-0.39, 0.29) is 18.2 Å². The van der Waals surface area contributed by atoms with Crippen LogP contribution in [0.2, 0.25) is 0 Å². The summed E-state index contributed by atoms with van der Waals surface area (Å²) in [6.45, 7) is 7.45. The van der Waals surface area contributed by atoms with Crippen molar-refractivity contribution in [3.05, 3.63) is 0 Å². The van der Waals surface area contributed by atoms with Crippen molar-refractivity contribution in [2.45, 2.75) is 51.9 Å². The highest BCUT2D eigenvalue weighted by atomic mass is 16.5. The number of carboxylic acid groups (broad SMARTS) is 1. The van der Waals surface area contributed by atoms with Crippen molar-refractivity contribution in [1.29, 1.82) is 0 Å². The highest BCUT2D eigenvalue weighted by Gasteiger charge is 2.31. The summed E-state index contributed by atoms with van der Waals surface area (Å²) in [6, 6.07) is -0.344. The van der Waals surface area contributed by atoms with Gasteiger partial charge in [0.2, 0.25) is 0 Å². The minimum atomic E-state index is -0.710. The number of rotatable bonds is 4. The Bertz CT molecular complexity index is 210.